The van der Waals surface area contributed by atoms with Crippen molar-refractivity contribution in [2.45, 2.75) is 6.54 Å². The van der Waals surface area contributed by atoms with E-state index in [9.17, 15) is 0 Å². The summed E-state index contributed by atoms with van der Waals surface area (Å²) in [6.07, 6.45) is 0. The molecule has 0 N–H and O–H groups in total. The second-order valence-electron chi connectivity index (χ2n) is 8.52. The molecular formula is C28H26N2O. The minimum Gasteiger partial charge on any atom is -0.495 e. The van der Waals surface area contributed by atoms with E-state index in [0.29, 0.717) is 0 Å². The first-order valence-corrected chi connectivity index (χ1v) is 11.1. The largest absolute Gasteiger partial charge is 0.495 e. The predicted molar refractivity (Wildman–Crippen MR) is 131 cm³/mol. The van der Waals surface area contributed by atoms with Crippen LogP contribution in [0.25, 0.3) is 32.3 Å². The molecule has 1 heterocycles. The summed E-state index contributed by atoms with van der Waals surface area (Å²) in [6.45, 7) is 5.15. The summed E-state index contributed by atoms with van der Waals surface area (Å²) >= 11 is 0. The molecule has 0 unspecified atom stereocenters. The zero-order valence-electron chi connectivity index (χ0n) is 17.8. The maximum Gasteiger partial charge on any atom is 0.142 e. The van der Waals surface area contributed by atoms with Crippen molar-refractivity contribution in [3.8, 4) is 5.75 Å². The Bertz CT molecular complexity index is 1350. The molecule has 0 saturated carbocycles. The molecule has 6 rings (SSSR count). The van der Waals surface area contributed by atoms with Gasteiger partial charge in [-0.3, -0.25) is 4.90 Å². The highest BCUT2D eigenvalue weighted by Gasteiger charge is 2.20. The lowest BCUT2D eigenvalue weighted by Crippen LogP contribution is -2.46. The number of anilines is 1. The second kappa shape index (κ2) is 7.44. The van der Waals surface area contributed by atoms with Crippen LogP contribution in [0.4, 0.5) is 5.69 Å². The van der Waals surface area contributed by atoms with Crippen molar-refractivity contribution in [1.82, 2.24) is 4.90 Å². The van der Waals surface area contributed by atoms with E-state index in [1.54, 1.807) is 7.11 Å². The molecule has 5 aromatic rings. The molecule has 0 bridgehead atoms. The molecule has 1 aliphatic heterocycles. The van der Waals surface area contributed by atoms with Crippen LogP contribution in [0.15, 0.2) is 78.9 Å². The van der Waals surface area contributed by atoms with Gasteiger partial charge in [0.25, 0.3) is 0 Å². The molecule has 1 fully saturated rings. The van der Waals surface area contributed by atoms with E-state index in [0.717, 1.165) is 38.5 Å². The summed E-state index contributed by atoms with van der Waals surface area (Å²) in [5, 5.41) is 8.22. The van der Waals surface area contributed by atoms with E-state index in [4.69, 9.17) is 4.74 Å². The Kier molecular flexibility index (Phi) is 4.43. The molecule has 1 saturated heterocycles. The summed E-state index contributed by atoms with van der Waals surface area (Å²) < 4.78 is 5.57. The van der Waals surface area contributed by atoms with Crippen molar-refractivity contribution in [1.29, 1.82) is 0 Å². The van der Waals surface area contributed by atoms with Crippen molar-refractivity contribution in [2.24, 2.45) is 0 Å². The van der Waals surface area contributed by atoms with Gasteiger partial charge in [0.2, 0.25) is 0 Å². The topological polar surface area (TPSA) is 15.7 Å². The van der Waals surface area contributed by atoms with Gasteiger partial charge in [0.1, 0.15) is 5.75 Å². The maximum absolute atomic E-state index is 5.57. The van der Waals surface area contributed by atoms with Gasteiger partial charge in [-0.25, -0.2) is 0 Å². The first-order valence-electron chi connectivity index (χ1n) is 11.1. The molecule has 0 aromatic heterocycles. The third kappa shape index (κ3) is 3.08. The molecule has 1 aliphatic rings. The Hall–Kier alpha value is -3.30. The molecule has 5 aromatic carbocycles. The molecule has 31 heavy (non-hydrogen) atoms. The number of methoxy groups -OCH3 is 1. The molecule has 3 heteroatoms. The lowest BCUT2D eigenvalue weighted by molar-refractivity contribution is 0.250. The highest BCUT2D eigenvalue weighted by atomic mass is 16.5. The summed E-state index contributed by atoms with van der Waals surface area (Å²) in [4.78, 5) is 5.03. The lowest BCUT2D eigenvalue weighted by Gasteiger charge is -2.36. The van der Waals surface area contributed by atoms with Gasteiger partial charge in [-0.2, -0.15) is 0 Å². The fourth-order valence-electron chi connectivity index (χ4n) is 5.21. The quantitative estimate of drug-likeness (QED) is 0.345. The molecule has 154 valence electrons. The van der Waals surface area contributed by atoms with Crippen LogP contribution in [0.1, 0.15) is 5.56 Å². The molecule has 0 spiro atoms. The van der Waals surface area contributed by atoms with E-state index < -0.39 is 0 Å². The van der Waals surface area contributed by atoms with Crippen LogP contribution >= 0.6 is 0 Å². The zero-order chi connectivity index (χ0) is 20.8. The number of ether oxygens (including phenoxy) is 1. The first-order chi connectivity index (χ1) is 15.3. The number of hydrogen-bond donors (Lipinski definition) is 0. The SMILES string of the molecule is COc1ccccc1N1CCN(Cc2ccc3ccc4cccc5ccc2c3c45)CC1. The van der Waals surface area contributed by atoms with Gasteiger partial charge in [0.05, 0.1) is 12.8 Å². The summed E-state index contributed by atoms with van der Waals surface area (Å²) in [6, 6.07) is 28.7. The van der Waals surface area contributed by atoms with Crippen molar-refractivity contribution in [3.05, 3.63) is 84.4 Å². The van der Waals surface area contributed by atoms with Crippen LogP contribution in [0.3, 0.4) is 0 Å². The number of hydrogen-bond acceptors (Lipinski definition) is 3. The lowest BCUT2D eigenvalue weighted by atomic mass is 9.92. The molecule has 3 nitrogen and oxygen atoms in total. The summed E-state index contributed by atoms with van der Waals surface area (Å²) in [5.41, 5.74) is 2.63. The highest BCUT2D eigenvalue weighted by molar-refractivity contribution is 6.23. The molecule has 0 amide bonds. The van der Waals surface area contributed by atoms with Gasteiger partial charge in [0, 0.05) is 32.7 Å². The smallest absolute Gasteiger partial charge is 0.142 e. The van der Waals surface area contributed by atoms with Crippen molar-refractivity contribution < 1.29 is 4.74 Å². The molecule has 0 aliphatic carbocycles. The zero-order valence-corrected chi connectivity index (χ0v) is 17.8. The average molecular weight is 407 g/mol. The van der Waals surface area contributed by atoms with Crippen molar-refractivity contribution >= 4 is 38.0 Å². The Morgan fingerprint density at radius 3 is 2.13 bits per heavy atom. The summed E-state index contributed by atoms with van der Waals surface area (Å²) in [5.74, 6) is 0.961. The number of nitrogens with zero attached hydrogens (tertiary/aromatic N) is 2. The van der Waals surface area contributed by atoms with Gasteiger partial charge in [0.15, 0.2) is 0 Å². The molecule has 0 radical (unpaired) electrons. The number of piperazine rings is 1. The van der Waals surface area contributed by atoms with Gasteiger partial charge in [-0.15, -0.1) is 0 Å². The van der Waals surface area contributed by atoms with Crippen LogP contribution in [0, 0.1) is 0 Å². The minimum atomic E-state index is 0.961. The minimum absolute atomic E-state index is 0.961. The predicted octanol–water partition coefficient (Wildman–Crippen LogP) is 5.91. The third-order valence-corrected chi connectivity index (χ3v) is 6.81. The number of rotatable bonds is 4. The van der Waals surface area contributed by atoms with Gasteiger partial charge in [-0.1, -0.05) is 66.7 Å². The van der Waals surface area contributed by atoms with Crippen LogP contribution in [0.2, 0.25) is 0 Å². The van der Waals surface area contributed by atoms with Crippen LogP contribution in [-0.4, -0.2) is 38.2 Å². The standard InChI is InChI=1S/C28H26N2O/c1-31-26-8-3-2-7-25(26)30-17-15-29(16-18-30)19-23-12-11-22-10-9-20-5-4-6-21-13-14-24(23)28(22)27(20)21/h2-14H,15-19H2,1H3. The van der Waals surface area contributed by atoms with E-state index in [2.05, 4.69) is 76.5 Å². The van der Waals surface area contributed by atoms with Gasteiger partial charge < -0.3 is 9.64 Å². The Labute approximate surface area is 182 Å². The molecule has 0 atom stereocenters. The van der Waals surface area contributed by atoms with E-state index in [1.807, 2.05) is 12.1 Å². The van der Waals surface area contributed by atoms with E-state index in [1.165, 1.54) is 43.6 Å². The second-order valence-corrected chi connectivity index (χ2v) is 8.52. The van der Waals surface area contributed by atoms with Crippen molar-refractivity contribution in [3.63, 3.8) is 0 Å². The fourth-order valence-corrected chi connectivity index (χ4v) is 5.21. The number of para-hydroxylation sites is 2. The first kappa shape index (κ1) is 18.5. The average Bonchev–Trinajstić information content (AvgIpc) is 2.84. The normalized spacial score (nSPS) is 15.3. The van der Waals surface area contributed by atoms with E-state index >= 15 is 0 Å². The monoisotopic (exact) mass is 406 g/mol. The van der Waals surface area contributed by atoms with Crippen molar-refractivity contribution in [2.75, 3.05) is 38.2 Å². The Morgan fingerprint density at radius 2 is 1.35 bits per heavy atom. The number of benzene rings is 5. The third-order valence-electron chi connectivity index (χ3n) is 6.81. The van der Waals surface area contributed by atoms with Crippen LogP contribution in [-0.2, 0) is 6.54 Å². The van der Waals surface area contributed by atoms with Crippen LogP contribution in [0.5, 0.6) is 5.75 Å². The van der Waals surface area contributed by atoms with Gasteiger partial charge in [-0.05, 0) is 50.0 Å². The Balaban J connectivity index is 1.28. The van der Waals surface area contributed by atoms with Gasteiger partial charge >= 0.3 is 0 Å². The van der Waals surface area contributed by atoms with E-state index in [-0.39, 0.29) is 0 Å². The highest BCUT2D eigenvalue weighted by Crippen LogP contribution is 2.36. The van der Waals surface area contributed by atoms with Crippen LogP contribution < -0.4 is 9.64 Å². The molecular weight excluding hydrogens is 380 g/mol. The summed E-state index contributed by atoms with van der Waals surface area (Å²) in [7, 11) is 1.75. The Morgan fingerprint density at radius 1 is 0.677 bits per heavy atom. The fraction of sp³-hybridized carbons (Fsp3) is 0.214. The maximum atomic E-state index is 5.57.